The molecule has 100 valence electrons. The normalized spacial score (nSPS) is 12.5. The van der Waals surface area contributed by atoms with Crippen molar-refractivity contribution in [3.05, 3.63) is 76.9 Å². The topological polar surface area (TPSA) is 12.9 Å². The van der Waals surface area contributed by atoms with Gasteiger partial charge in [-0.1, -0.05) is 48.0 Å². The Kier molecular flexibility index (Phi) is 3.90. The van der Waals surface area contributed by atoms with Crippen molar-refractivity contribution >= 4 is 34.1 Å². The first-order valence-electron chi connectivity index (χ1n) is 6.46. The maximum Gasteiger partial charge on any atom is 0.0719 e. The van der Waals surface area contributed by atoms with Gasteiger partial charge in [0, 0.05) is 16.6 Å². The van der Waals surface area contributed by atoms with E-state index < -0.39 is 0 Å². The highest BCUT2D eigenvalue weighted by Crippen LogP contribution is 2.28. The van der Waals surface area contributed by atoms with E-state index in [1.54, 1.807) is 0 Å². The quantitative estimate of drug-likeness (QED) is 0.589. The Balaban J connectivity index is 1.95. The van der Waals surface area contributed by atoms with Crippen LogP contribution >= 0.6 is 23.2 Å². The van der Waals surface area contributed by atoms with E-state index >= 15 is 0 Å². The van der Waals surface area contributed by atoms with E-state index in [1.807, 2.05) is 48.7 Å². The molecule has 3 aromatic rings. The smallest absolute Gasteiger partial charge is 0.0719 e. The molecule has 1 aromatic heterocycles. The second kappa shape index (κ2) is 5.82. The summed E-state index contributed by atoms with van der Waals surface area (Å²) in [6.07, 6.45) is 2.58. The SMILES string of the molecule is Clc1ccc2c(CC(Cl)c3ccccc3)ccnc2c1. The van der Waals surface area contributed by atoms with Crippen LogP contribution in [0.2, 0.25) is 5.02 Å². The zero-order valence-corrected chi connectivity index (χ0v) is 12.3. The summed E-state index contributed by atoms with van der Waals surface area (Å²) < 4.78 is 0. The molecule has 0 spiro atoms. The van der Waals surface area contributed by atoms with Crippen molar-refractivity contribution in [3.8, 4) is 0 Å². The van der Waals surface area contributed by atoms with E-state index in [4.69, 9.17) is 23.2 Å². The summed E-state index contributed by atoms with van der Waals surface area (Å²) >= 11 is 12.5. The minimum absolute atomic E-state index is 0.0440. The highest BCUT2D eigenvalue weighted by atomic mass is 35.5. The third kappa shape index (κ3) is 2.79. The van der Waals surface area contributed by atoms with Gasteiger partial charge < -0.3 is 0 Å². The van der Waals surface area contributed by atoms with Crippen LogP contribution < -0.4 is 0 Å². The van der Waals surface area contributed by atoms with Gasteiger partial charge in [-0.05, 0) is 35.7 Å². The van der Waals surface area contributed by atoms with Crippen molar-refractivity contribution in [2.75, 3.05) is 0 Å². The van der Waals surface area contributed by atoms with Crippen LogP contribution in [0.3, 0.4) is 0 Å². The van der Waals surface area contributed by atoms with E-state index in [9.17, 15) is 0 Å². The number of nitrogens with zero attached hydrogens (tertiary/aromatic N) is 1. The molecule has 1 unspecified atom stereocenters. The Bertz CT molecular complexity index is 725. The molecule has 0 saturated carbocycles. The Morgan fingerprint density at radius 1 is 1.00 bits per heavy atom. The Morgan fingerprint density at radius 3 is 2.60 bits per heavy atom. The highest BCUT2D eigenvalue weighted by Gasteiger charge is 2.11. The summed E-state index contributed by atoms with van der Waals surface area (Å²) in [6.45, 7) is 0. The lowest BCUT2D eigenvalue weighted by molar-refractivity contribution is 0.926. The van der Waals surface area contributed by atoms with Crippen molar-refractivity contribution in [2.24, 2.45) is 0 Å². The lowest BCUT2D eigenvalue weighted by atomic mass is 10.0. The first-order valence-corrected chi connectivity index (χ1v) is 7.27. The van der Waals surface area contributed by atoms with Gasteiger partial charge in [0.25, 0.3) is 0 Å². The second-order valence-corrected chi connectivity index (χ2v) is 5.68. The van der Waals surface area contributed by atoms with Crippen molar-refractivity contribution in [3.63, 3.8) is 0 Å². The zero-order valence-electron chi connectivity index (χ0n) is 10.8. The maximum atomic E-state index is 6.53. The first kappa shape index (κ1) is 13.4. The third-order valence-electron chi connectivity index (χ3n) is 3.36. The van der Waals surface area contributed by atoms with E-state index in [0.717, 1.165) is 22.9 Å². The molecule has 0 aliphatic carbocycles. The number of fused-ring (bicyclic) bond motifs is 1. The fraction of sp³-hybridized carbons (Fsp3) is 0.118. The number of halogens is 2. The van der Waals surface area contributed by atoms with Crippen LogP contribution in [-0.2, 0) is 6.42 Å². The van der Waals surface area contributed by atoms with Gasteiger partial charge in [-0.25, -0.2) is 0 Å². The van der Waals surface area contributed by atoms with E-state index in [-0.39, 0.29) is 5.38 Å². The van der Waals surface area contributed by atoms with Gasteiger partial charge in [-0.2, -0.15) is 0 Å². The average molecular weight is 302 g/mol. The minimum Gasteiger partial charge on any atom is -0.256 e. The molecule has 0 aliphatic rings. The molecule has 1 heterocycles. The van der Waals surface area contributed by atoms with Gasteiger partial charge in [0.15, 0.2) is 0 Å². The van der Waals surface area contributed by atoms with Crippen molar-refractivity contribution in [2.45, 2.75) is 11.8 Å². The molecule has 0 fully saturated rings. The third-order valence-corrected chi connectivity index (χ3v) is 4.00. The summed E-state index contributed by atoms with van der Waals surface area (Å²) in [5.41, 5.74) is 3.23. The number of benzene rings is 2. The molecule has 0 bridgehead atoms. The molecule has 0 aliphatic heterocycles. The molecular weight excluding hydrogens is 289 g/mol. The van der Waals surface area contributed by atoms with Crippen LogP contribution in [0.4, 0.5) is 0 Å². The van der Waals surface area contributed by atoms with Crippen molar-refractivity contribution in [1.29, 1.82) is 0 Å². The van der Waals surface area contributed by atoms with Crippen LogP contribution in [0.25, 0.3) is 10.9 Å². The summed E-state index contributed by atoms with van der Waals surface area (Å²) in [6, 6.07) is 17.9. The van der Waals surface area contributed by atoms with E-state index in [2.05, 4.69) is 17.1 Å². The number of pyridine rings is 1. The first-order chi connectivity index (χ1) is 9.74. The van der Waals surface area contributed by atoms with Gasteiger partial charge in [0.05, 0.1) is 10.9 Å². The van der Waals surface area contributed by atoms with Crippen molar-refractivity contribution < 1.29 is 0 Å². The molecule has 0 amide bonds. The number of alkyl halides is 1. The molecule has 0 radical (unpaired) electrons. The molecule has 20 heavy (non-hydrogen) atoms. The number of rotatable bonds is 3. The number of hydrogen-bond acceptors (Lipinski definition) is 1. The van der Waals surface area contributed by atoms with Crippen LogP contribution in [0.5, 0.6) is 0 Å². The summed E-state index contributed by atoms with van der Waals surface area (Å²) in [5.74, 6) is 0. The molecule has 3 heteroatoms. The Labute approximate surface area is 128 Å². The van der Waals surface area contributed by atoms with Gasteiger partial charge in [-0.3, -0.25) is 4.98 Å². The van der Waals surface area contributed by atoms with Gasteiger partial charge in [0.1, 0.15) is 0 Å². The van der Waals surface area contributed by atoms with Crippen LogP contribution in [-0.4, -0.2) is 4.98 Å². The monoisotopic (exact) mass is 301 g/mol. The van der Waals surface area contributed by atoms with Crippen LogP contribution in [0.1, 0.15) is 16.5 Å². The predicted octanol–water partition coefficient (Wildman–Crippen LogP) is 5.41. The lowest BCUT2D eigenvalue weighted by Crippen LogP contribution is -1.97. The van der Waals surface area contributed by atoms with E-state index in [1.165, 1.54) is 5.56 Å². The predicted molar refractivity (Wildman–Crippen MR) is 85.5 cm³/mol. The maximum absolute atomic E-state index is 6.53. The Morgan fingerprint density at radius 2 is 1.80 bits per heavy atom. The van der Waals surface area contributed by atoms with Crippen molar-refractivity contribution in [1.82, 2.24) is 4.98 Å². The summed E-state index contributed by atoms with van der Waals surface area (Å²) in [7, 11) is 0. The number of aromatic nitrogens is 1. The molecule has 1 nitrogen and oxygen atoms in total. The zero-order chi connectivity index (χ0) is 13.9. The van der Waals surface area contributed by atoms with Gasteiger partial charge >= 0.3 is 0 Å². The molecule has 3 rings (SSSR count). The molecule has 0 N–H and O–H groups in total. The molecule has 2 aromatic carbocycles. The minimum atomic E-state index is -0.0440. The summed E-state index contributed by atoms with van der Waals surface area (Å²) in [4.78, 5) is 4.36. The molecule has 0 saturated heterocycles. The lowest BCUT2D eigenvalue weighted by Gasteiger charge is -2.12. The van der Waals surface area contributed by atoms with E-state index in [0.29, 0.717) is 5.02 Å². The van der Waals surface area contributed by atoms with Crippen LogP contribution in [0, 0.1) is 0 Å². The number of hydrogen-bond donors (Lipinski definition) is 0. The van der Waals surface area contributed by atoms with Gasteiger partial charge in [-0.15, -0.1) is 11.6 Å². The largest absolute Gasteiger partial charge is 0.256 e. The average Bonchev–Trinajstić information content (AvgIpc) is 2.48. The summed E-state index contributed by atoms with van der Waals surface area (Å²) in [5, 5.41) is 1.77. The van der Waals surface area contributed by atoms with Gasteiger partial charge in [0.2, 0.25) is 0 Å². The highest BCUT2D eigenvalue weighted by molar-refractivity contribution is 6.31. The second-order valence-electron chi connectivity index (χ2n) is 4.71. The molecular formula is C17H13Cl2N. The Hall–Kier alpha value is -1.57. The fourth-order valence-corrected chi connectivity index (χ4v) is 2.81. The molecule has 1 atom stereocenters. The fourth-order valence-electron chi connectivity index (χ4n) is 2.33. The van der Waals surface area contributed by atoms with Crippen LogP contribution in [0.15, 0.2) is 60.8 Å². The standard InChI is InChI=1S/C17H13Cl2N/c18-14-6-7-15-13(8-9-20-17(15)11-14)10-16(19)12-4-2-1-3-5-12/h1-9,11,16H,10H2.